The Kier molecular flexibility index (Phi) is 5.54. The van der Waals surface area contributed by atoms with Crippen LogP contribution in [0.4, 0.5) is 0 Å². The van der Waals surface area contributed by atoms with Gasteiger partial charge in [0, 0.05) is 6.04 Å². The van der Waals surface area contributed by atoms with Crippen LogP contribution in [0.25, 0.3) is 0 Å². The number of rotatable bonds is 5. The molecule has 84 valence electrons. The van der Waals surface area contributed by atoms with Crippen LogP contribution in [0.1, 0.15) is 58.3 Å². The van der Waals surface area contributed by atoms with Crippen molar-refractivity contribution in [3.8, 4) is 0 Å². The van der Waals surface area contributed by atoms with Gasteiger partial charge >= 0.3 is 0 Å². The highest BCUT2D eigenvalue weighted by Gasteiger charge is 2.25. The fourth-order valence-electron chi connectivity index (χ4n) is 2.86. The topological polar surface area (TPSA) is 3.24 Å². The lowest BCUT2D eigenvalue weighted by atomic mass is 9.81. The Labute approximate surface area is 89.9 Å². The van der Waals surface area contributed by atoms with Gasteiger partial charge in [-0.1, -0.05) is 39.0 Å². The van der Waals surface area contributed by atoms with E-state index < -0.39 is 0 Å². The van der Waals surface area contributed by atoms with Crippen LogP contribution in [-0.2, 0) is 0 Å². The summed E-state index contributed by atoms with van der Waals surface area (Å²) in [6.07, 6.45) is 11.5. The van der Waals surface area contributed by atoms with Gasteiger partial charge in [0.25, 0.3) is 0 Å². The molecule has 1 saturated carbocycles. The van der Waals surface area contributed by atoms with E-state index in [1.165, 1.54) is 51.4 Å². The number of unbranched alkanes of at least 4 members (excludes halogenated alkanes) is 2. The molecule has 1 fully saturated rings. The molecule has 0 N–H and O–H groups in total. The van der Waals surface area contributed by atoms with E-state index in [0.717, 1.165) is 12.0 Å². The summed E-state index contributed by atoms with van der Waals surface area (Å²) in [5, 5.41) is 0. The van der Waals surface area contributed by atoms with Crippen molar-refractivity contribution in [2.45, 2.75) is 64.3 Å². The second-order valence-corrected chi connectivity index (χ2v) is 5.07. The van der Waals surface area contributed by atoms with Crippen molar-refractivity contribution in [2.24, 2.45) is 5.92 Å². The molecule has 1 heteroatoms. The summed E-state index contributed by atoms with van der Waals surface area (Å²) in [6, 6.07) is 0.876. The standard InChI is InChI=1S/C13H27N/c1-4-5-6-9-12-10-7-8-11-13(12)14(2)3/h12-13H,4-11H2,1-3H3. The van der Waals surface area contributed by atoms with Gasteiger partial charge in [-0.2, -0.15) is 0 Å². The van der Waals surface area contributed by atoms with Crippen molar-refractivity contribution in [3.05, 3.63) is 0 Å². The quantitative estimate of drug-likeness (QED) is 0.608. The van der Waals surface area contributed by atoms with Gasteiger partial charge in [-0.15, -0.1) is 0 Å². The number of nitrogens with zero attached hydrogens (tertiary/aromatic N) is 1. The van der Waals surface area contributed by atoms with Crippen molar-refractivity contribution in [1.82, 2.24) is 4.90 Å². The van der Waals surface area contributed by atoms with Gasteiger partial charge in [-0.3, -0.25) is 0 Å². The van der Waals surface area contributed by atoms with E-state index in [0.29, 0.717) is 0 Å². The molecule has 0 heterocycles. The van der Waals surface area contributed by atoms with Crippen molar-refractivity contribution in [1.29, 1.82) is 0 Å². The van der Waals surface area contributed by atoms with E-state index in [9.17, 15) is 0 Å². The zero-order valence-corrected chi connectivity index (χ0v) is 10.3. The second-order valence-electron chi connectivity index (χ2n) is 5.07. The Morgan fingerprint density at radius 2 is 1.79 bits per heavy atom. The first-order chi connectivity index (χ1) is 6.75. The molecule has 2 atom stereocenters. The predicted octanol–water partition coefficient (Wildman–Crippen LogP) is 3.69. The van der Waals surface area contributed by atoms with Crippen molar-refractivity contribution in [2.75, 3.05) is 14.1 Å². The minimum atomic E-state index is 0.876. The Balaban J connectivity index is 2.30. The Bertz CT molecular complexity index is 142. The first-order valence-electron chi connectivity index (χ1n) is 6.42. The average molecular weight is 197 g/mol. The fraction of sp³-hybridized carbons (Fsp3) is 1.00. The summed E-state index contributed by atoms with van der Waals surface area (Å²) in [5.74, 6) is 0.991. The van der Waals surface area contributed by atoms with E-state index in [1.54, 1.807) is 0 Å². The second kappa shape index (κ2) is 6.44. The molecule has 1 aliphatic rings. The average Bonchev–Trinajstić information content (AvgIpc) is 2.19. The van der Waals surface area contributed by atoms with Crippen LogP contribution < -0.4 is 0 Å². The first kappa shape index (κ1) is 12.0. The summed E-state index contributed by atoms with van der Waals surface area (Å²) in [6.45, 7) is 2.30. The monoisotopic (exact) mass is 197 g/mol. The molecule has 0 spiro atoms. The predicted molar refractivity (Wildman–Crippen MR) is 63.6 cm³/mol. The molecular weight excluding hydrogens is 170 g/mol. The maximum absolute atomic E-state index is 2.45. The van der Waals surface area contributed by atoms with Crippen molar-refractivity contribution < 1.29 is 0 Å². The molecule has 1 rings (SSSR count). The summed E-state index contributed by atoms with van der Waals surface area (Å²) < 4.78 is 0. The van der Waals surface area contributed by atoms with Gasteiger partial charge < -0.3 is 4.90 Å². The summed E-state index contributed by atoms with van der Waals surface area (Å²) in [5.41, 5.74) is 0. The summed E-state index contributed by atoms with van der Waals surface area (Å²) in [7, 11) is 4.51. The van der Waals surface area contributed by atoms with Gasteiger partial charge in [-0.05, 0) is 39.3 Å². The minimum absolute atomic E-state index is 0.876. The van der Waals surface area contributed by atoms with Crippen LogP contribution in [-0.4, -0.2) is 25.0 Å². The van der Waals surface area contributed by atoms with E-state index in [4.69, 9.17) is 0 Å². The third kappa shape index (κ3) is 3.61. The van der Waals surface area contributed by atoms with Gasteiger partial charge in [0.2, 0.25) is 0 Å². The molecule has 0 aromatic carbocycles. The van der Waals surface area contributed by atoms with Crippen molar-refractivity contribution in [3.63, 3.8) is 0 Å². The Morgan fingerprint density at radius 1 is 1.07 bits per heavy atom. The third-order valence-corrected chi connectivity index (χ3v) is 3.71. The maximum Gasteiger partial charge on any atom is 0.0117 e. The zero-order chi connectivity index (χ0) is 10.4. The third-order valence-electron chi connectivity index (χ3n) is 3.71. The lowest BCUT2D eigenvalue weighted by molar-refractivity contribution is 0.146. The van der Waals surface area contributed by atoms with Gasteiger partial charge in [0.1, 0.15) is 0 Å². The minimum Gasteiger partial charge on any atom is -0.306 e. The van der Waals surface area contributed by atoms with Crippen LogP contribution in [0.15, 0.2) is 0 Å². The summed E-state index contributed by atoms with van der Waals surface area (Å²) in [4.78, 5) is 2.45. The van der Waals surface area contributed by atoms with Gasteiger partial charge in [0.15, 0.2) is 0 Å². The van der Waals surface area contributed by atoms with Crippen LogP contribution in [0, 0.1) is 5.92 Å². The molecule has 1 nitrogen and oxygen atoms in total. The fourth-order valence-corrected chi connectivity index (χ4v) is 2.86. The van der Waals surface area contributed by atoms with Crippen LogP contribution >= 0.6 is 0 Å². The highest BCUT2D eigenvalue weighted by Crippen LogP contribution is 2.30. The molecule has 0 bridgehead atoms. The maximum atomic E-state index is 2.45. The molecule has 1 aliphatic carbocycles. The van der Waals surface area contributed by atoms with Crippen LogP contribution in [0.3, 0.4) is 0 Å². The molecular formula is C13H27N. The zero-order valence-electron chi connectivity index (χ0n) is 10.3. The van der Waals surface area contributed by atoms with Crippen LogP contribution in [0.5, 0.6) is 0 Å². The summed E-state index contributed by atoms with van der Waals surface area (Å²) >= 11 is 0. The highest BCUT2D eigenvalue weighted by atomic mass is 15.1. The highest BCUT2D eigenvalue weighted by molar-refractivity contribution is 4.80. The Hall–Kier alpha value is -0.0400. The van der Waals surface area contributed by atoms with E-state index in [2.05, 4.69) is 25.9 Å². The van der Waals surface area contributed by atoms with Gasteiger partial charge in [0.05, 0.1) is 0 Å². The molecule has 0 aromatic heterocycles. The van der Waals surface area contributed by atoms with Crippen molar-refractivity contribution >= 4 is 0 Å². The van der Waals surface area contributed by atoms with E-state index >= 15 is 0 Å². The molecule has 2 unspecified atom stereocenters. The Morgan fingerprint density at radius 3 is 2.43 bits per heavy atom. The van der Waals surface area contributed by atoms with E-state index in [-0.39, 0.29) is 0 Å². The molecule has 0 saturated heterocycles. The molecule has 14 heavy (non-hydrogen) atoms. The van der Waals surface area contributed by atoms with Crippen LogP contribution in [0.2, 0.25) is 0 Å². The molecule has 0 aliphatic heterocycles. The SMILES string of the molecule is CCCCCC1CCCCC1N(C)C. The van der Waals surface area contributed by atoms with E-state index in [1.807, 2.05) is 0 Å². The number of hydrogen-bond acceptors (Lipinski definition) is 1. The molecule has 0 amide bonds. The largest absolute Gasteiger partial charge is 0.306 e. The smallest absolute Gasteiger partial charge is 0.0117 e. The lowest BCUT2D eigenvalue weighted by Crippen LogP contribution is -2.37. The normalized spacial score (nSPS) is 28.3. The first-order valence-corrected chi connectivity index (χ1v) is 6.42. The lowest BCUT2D eigenvalue weighted by Gasteiger charge is -2.36. The number of hydrogen-bond donors (Lipinski definition) is 0. The van der Waals surface area contributed by atoms with Gasteiger partial charge in [-0.25, -0.2) is 0 Å². The molecule has 0 radical (unpaired) electrons. The molecule has 0 aromatic rings.